The van der Waals surface area contributed by atoms with Crippen molar-refractivity contribution in [2.24, 2.45) is 5.92 Å². The summed E-state index contributed by atoms with van der Waals surface area (Å²) in [6.07, 6.45) is 2.78. The monoisotopic (exact) mass is 334 g/mol. The zero-order valence-corrected chi connectivity index (χ0v) is 16.0. The molecule has 0 aliphatic carbocycles. The van der Waals surface area contributed by atoms with Crippen molar-refractivity contribution >= 4 is 71.0 Å². The van der Waals surface area contributed by atoms with Gasteiger partial charge in [-0.05, 0) is 13.8 Å². The maximum atomic E-state index is 10.7. The number of carboxylic acids is 1. The van der Waals surface area contributed by atoms with Crippen molar-refractivity contribution in [2.75, 3.05) is 6.61 Å². The summed E-state index contributed by atoms with van der Waals surface area (Å²) in [5.74, 6) is -2.13. The van der Waals surface area contributed by atoms with E-state index in [1.54, 1.807) is 6.92 Å². The molecule has 9 heteroatoms. The van der Waals surface area contributed by atoms with Gasteiger partial charge < -0.3 is 9.84 Å². The van der Waals surface area contributed by atoms with Crippen LogP contribution in [0.3, 0.4) is 0 Å². The van der Waals surface area contributed by atoms with Gasteiger partial charge in [0.05, 0.1) is 5.92 Å². The van der Waals surface area contributed by atoms with Gasteiger partial charge in [-0.15, -0.1) is 0 Å². The molecule has 0 aromatic carbocycles. The van der Waals surface area contributed by atoms with Crippen LogP contribution in [0.2, 0.25) is 0.515 Å². The Morgan fingerprint density at radius 1 is 1.35 bits per heavy atom. The predicted octanol–water partition coefficient (Wildman–Crippen LogP) is 0.676. The molecular formula is C11H19KO7S. The molecule has 20 heavy (non-hydrogen) atoms. The number of carboxylic acid groups (broad SMARTS) is 1. The molecule has 0 bridgehead atoms. The molecule has 0 aromatic heterocycles. The minimum absolute atomic E-state index is 0.0848. The predicted molar refractivity (Wildman–Crippen MR) is 74.1 cm³/mol. The molecule has 112 valence electrons. The second kappa shape index (κ2) is 11.8. The first-order chi connectivity index (χ1) is 9.06. The third-order valence-corrected chi connectivity index (χ3v) is 6.47. The van der Waals surface area contributed by atoms with Crippen LogP contribution in [0.25, 0.3) is 0 Å². The molecule has 0 aliphatic rings. The van der Waals surface area contributed by atoms with Gasteiger partial charge in [0.2, 0.25) is 0 Å². The number of carbonyl (C=O) groups excluding carboxylic acids is 1. The first kappa shape index (κ1) is 22.5. The normalized spacial score (nSPS) is 14.1. The van der Waals surface area contributed by atoms with Gasteiger partial charge in [-0.3, -0.25) is 4.79 Å². The van der Waals surface area contributed by atoms with Gasteiger partial charge in [0.25, 0.3) is 0 Å². The number of esters is 1. The molecule has 0 amide bonds. The fraction of sp³-hybridized carbons (Fsp3) is 0.636. The molecule has 0 saturated heterocycles. The molecule has 0 spiro atoms. The summed E-state index contributed by atoms with van der Waals surface area (Å²) in [7, 11) is -3.71. The zero-order valence-electron chi connectivity index (χ0n) is 12.1. The van der Waals surface area contributed by atoms with Crippen LogP contribution in [0.4, 0.5) is 0 Å². The van der Waals surface area contributed by atoms with Crippen LogP contribution >= 0.6 is 0 Å². The van der Waals surface area contributed by atoms with Crippen LogP contribution < -0.4 is 0 Å². The Morgan fingerprint density at radius 3 is 2.10 bits per heavy atom. The number of hydrogen-bond donors (Lipinski definition) is 2. The van der Waals surface area contributed by atoms with E-state index in [-0.39, 0.29) is 6.61 Å². The zero-order chi connectivity index (χ0) is 16.3. The average molecular weight is 334 g/mol. The van der Waals surface area contributed by atoms with Crippen LogP contribution in [0.5, 0.6) is 0 Å². The third kappa shape index (κ3) is 13.2. The van der Waals surface area contributed by atoms with Crippen molar-refractivity contribution < 1.29 is 32.4 Å². The standard InChI is InChI=1S/C8H12O4.C3H7O3S.K/c1-3-4-7(9)12-5-6(2)8(10)11;1-3(2)7(4,5)6;/h3-4,6H,5H2,1-2H3,(H,10,11);3H,1H2,2H3,(H,4,5,6);. The van der Waals surface area contributed by atoms with Gasteiger partial charge in [0, 0.05) is 6.08 Å². The average Bonchev–Trinajstić information content (AvgIpc) is 2.34. The summed E-state index contributed by atoms with van der Waals surface area (Å²) < 4.78 is 33.8. The number of allylic oxidation sites excluding steroid dienone is 1. The fourth-order valence-corrected chi connectivity index (χ4v) is 3.07. The van der Waals surface area contributed by atoms with Crippen LogP contribution in [0.1, 0.15) is 20.8 Å². The Kier molecular flexibility index (Phi) is 13.3. The minimum atomic E-state index is -3.71. The van der Waals surface area contributed by atoms with Gasteiger partial charge >= 0.3 is 96.7 Å². The van der Waals surface area contributed by atoms with Crippen molar-refractivity contribution in [1.29, 1.82) is 0 Å². The van der Waals surface area contributed by atoms with E-state index in [2.05, 4.69) is 4.74 Å². The summed E-state index contributed by atoms with van der Waals surface area (Å²) in [5.41, 5.74) is 0. The van der Waals surface area contributed by atoms with Crippen LogP contribution in [-0.2, 0) is 24.4 Å². The van der Waals surface area contributed by atoms with Crippen molar-refractivity contribution in [3.63, 3.8) is 0 Å². The summed E-state index contributed by atoms with van der Waals surface area (Å²) in [5, 5.41) is 7.88. The Hall–Kier alpha value is 0.226. The molecule has 0 saturated carbocycles. The van der Waals surface area contributed by atoms with Crippen LogP contribution in [-0.4, -0.2) is 90.8 Å². The topological polar surface area (TPSA) is 118 Å². The molecule has 0 aromatic rings. The summed E-state index contributed by atoms with van der Waals surface area (Å²) in [4.78, 5) is 20.9. The smallest absolute Gasteiger partial charge is 0.330 e. The van der Waals surface area contributed by atoms with E-state index in [0.717, 1.165) is 0 Å². The van der Waals surface area contributed by atoms with Crippen molar-refractivity contribution in [3.05, 3.63) is 12.2 Å². The molecule has 2 atom stereocenters. The number of ether oxygens (including phenoxy) is 1. The number of rotatable bonds is 6. The van der Waals surface area contributed by atoms with Gasteiger partial charge in [-0.1, -0.05) is 6.08 Å². The van der Waals surface area contributed by atoms with Crippen molar-refractivity contribution in [2.45, 2.75) is 26.5 Å². The largest absolute Gasteiger partial charge is 0.481 e. The van der Waals surface area contributed by atoms with Gasteiger partial charge in [-0.2, -0.15) is 0 Å². The Bertz CT molecular complexity index is 430. The van der Waals surface area contributed by atoms with E-state index < -0.39 is 33.2 Å². The molecule has 0 rings (SSSR count). The van der Waals surface area contributed by atoms with Crippen LogP contribution in [0.15, 0.2) is 12.2 Å². The molecule has 0 aliphatic heterocycles. The minimum Gasteiger partial charge on any atom is -0.481 e. The maximum absolute atomic E-state index is 10.7. The SMILES string of the molecule is CC([CH2][K])S(=O)(=O)O.CC=CC(=O)OCC(C)C(=O)O. The molecule has 0 fully saturated rings. The molecule has 0 heterocycles. The first-order valence-corrected chi connectivity index (χ1v) is 9.75. The van der Waals surface area contributed by atoms with E-state index >= 15 is 0 Å². The second-order valence-electron chi connectivity index (χ2n) is 4.10. The molecule has 2 unspecified atom stereocenters. The van der Waals surface area contributed by atoms with E-state index in [1.807, 2.05) is 0 Å². The number of aliphatic carboxylic acids is 1. The van der Waals surface area contributed by atoms with Crippen molar-refractivity contribution in [1.82, 2.24) is 0 Å². The quantitative estimate of drug-likeness (QED) is 0.317. The summed E-state index contributed by atoms with van der Waals surface area (Å²) in [6.45, 7) is 4.59. The van der Waals surface area contributed by atoms with E-state index in [0.29, 0.717) is 49.5 Å². The number of carbonyl (C=O) groups is 2. The first-order valence-electron chi connectivity index (χ1n) is 6.04. The summed E-state index contributed by atoms with van der Waals surface area (Å²) >= 11 is 0.502. The molecule has 2 N–H and O–H groups in total. The Morgan fingerprint density at radius 2 is 1.85 bits per heavy atom. The number of hydrogen-bond acceptors (Lipinski definition) is 5. The second-order valence-corrected chi connectivity index (χ2v) is 7.21. The van der Waals surface area contributed by atoms with Crippen LogP contribution in [0, 0.1) is 5.92 Å². The van der Waals surface area contributed by atoms with Gasteiger partial charge in [0.15, 0.2) is 0 Å². The molecular weight excluding hydrogens is 315 g/mol. The molecule has 7 nitrogen and oxygen atoms in total. The van der Waals surface area contributed by atoms with Crippen molar-refractivity contribution in [3.8, 4) is 0 Å². The Labute approximate surface area is 153 Å². The van der Waals surface area contributed by atoms with E-state index in [9.17, 15) is 18.0 Å². The van der Waals surface area contributed by atoms with E-state index in [1.165, 1.54) is 26.0 Å². The summed E-state index contributed by atoms with van der Waals surface area (Å²) in [6, 6.07) is 0. The van der Waals surface area contributed by atoms with Gasteiger partial charge in [0.1, 0.15) is 6.61 Å². The molecule has 0 radical (unpaired) electrons. The maximum Gasteiger partial charge on any atom is 0.330 e. The Balaban J connectivity index is 0. The van der Waals surface area contributed by atoms with Gasteiger partial charge in [-0.25, -0.2) is 4.79 Å². The van der Waals surface area contributed by atoms with E-state index in [4.69, 9.17) is 9.66 Å². The third-order valence-electron chi connectivity index (χ3n) is 2.28. The fourth-order valence-electron chi connectivity index (χ4n) is 0.673.